The monoisotopic (exact) mass is 218 g/mol. The van der Waals surface area contributed by atoms with Crippen LogP contribution in [0.1, 0.15) is 27.7 Å². The van der Waals surface area contributed by atoms with Gasteiger partial charge in [-0.15, -0.1) is 0 Å². The van der Waals surface area contributed by atoms with Crippen molar-refractivity contribution in [3.05, 3.63) is 0 Å². The van der Waals surface area contributed by atoms with E-state index in [2.05, 4.69) is 5.43 Å². The van der Waals surface area contributed by atoms with Crippen LogP contribution in [0.5, 0.6) is 0 Å². The van der Waals surface area contributed by atoms with Crippen LogP contribution in [0.25, 0.3) is 0 Å². The van der Waals surface area contributed by atoms with Crippen molar-refractivity contribution in [2.75, 3.05) is 7.05 Å². The molecule has 0 aliphatic rings. The first-order valence-electron chi connectivity index (χ1n) is 4.74. The van der Waals surface area contributed by atoms with Gasteiger partial charge in [0.1, 0.15) is 0 Å². The van der Waals surface area contributed by atoms with Gasteiger partial charge in [-0.05, 0) is 27.7 Å². The van der Waals surface area contributed by atoms with Crippen molar-refractivity contribution < 1.29 is 19.1 Å². The minimum absolute atomic E-state index is 0.233. The van der Waals surface area contributed by atoms with Crippen molar-refractivity contribution in [3.8, 4) is 0 Å². The number of hydrogen-bond acceptors (Lipinski definition) is 4. The molecule has 0 rings (SSSR count). The lowest BCUT2D eigenvalue weighted by atomic mass is 10.5. The van der Waals surface area contributed by atoms with Gasteiger partial charge in [0.15, 0.2) is 0 Å². The third-order valence-electron chi connectivity index (χ3n) is 1.21. The smallest absolute Gasteiger partial charge is 0.428 e. The highest BCUT2D eigenvalue weighted by Gasteiger charge is 2.15. The van der Waals surface area contributed by atoms with Crippen molar-refractivity contribution in [3.63, 3.8) is 0 Å². The molecule has 6 nitrogen and oxygen atoms in total. The van der Waals surface area contributed by atoms with E-state index in [9.17, 15) is 9.59 Å². The van der Waals surface area contributed by atoms with Crippen LogP contribution in [0.4, 0.5) is 9.59 Å². The Hall–Kier alpha value is -1.46. The number of rotatable bonds is 2. The molecule has 0 bridgehead atoms. The standard InChI is InChI=1S/C9H18N2O4/c1-6(2)14-8(12)10-11(5)9(13)15-7(3)4/h6-7H,1-5H3,(H,10,12). The average molecular weight is 218 g/mol. The maximum Gasteiger partial charge on any atom is 0.428 e. The van der Waals surface area contributed by atoms with Gasteiger partial charge >= 0.3 is 12.2 Å². The summed E-state index contributed by atoms with van der Waals surface area (Å²) in [5.74, 6) is 0. The van der Waals surface area contributed by atoms with Crippen molar-refractivity contribution in [2.24, 2.45) is 0 Å². The fourth-order valence-electron chi connectivity index (χ4n) is 0.704. The predicted molar refractivity (Wildman–Crippen MR) is 54.1 cm³/mol. The zero-order valence-corrected chi connectivity index (χ0v) is 9.73. The summed E-state index contributed by atoms with van der Waals surface area (Å²) in [6.07, 6.45) is -1.79. The van der Waals surface area contributed by atoms with E-state index in [0.29, 0.717) is 0 Å². The Morgan fingerprint density at radius 2 is 1.53 bits per heavy atom. The Morgan fingerprint density at radius 1 is 1.07 bits per heavy atom. The summed E-state index contributed by atoms with van der Waals surface area (Å²) in [5, 5.41) is 0.935. The van der Waals surface area contributed by atoms with E-state index in [-0.39, 0.29) is 12.2 Å². The quantitative estimate of drug-likeness (QED) is 0.713. The molecule has 0 aliphatic carbocycles. The minimum atomic E-state index is -0.687. The van der Waals surface area contributed by atoms with Crippen LogP contribution < -0.4 is 5.43 Å². The van der Waals surface area contributed by atoms with E-state index in [1.165, 1.54) is 7.05 Å². The number of nitrogens with zero attached hydrogens (tertiary/aromatic N) is 1. The van der Waals surface area contributed by atoms with Crippen molar-refractivity contribution in [2.45, 2.75) is 39.9 Å². The Labute approximate surface area is 89.5 Å². The zero-order valence-electron chi connectivity index (χ0n) is 9.73. The van der Waals surface area contributed by atoms with Crippen LogP contribution >= 0.6 is 0 Å². The SMILES string of the molecule is CC(C)OC(=O)NN(C)C(=O)OC(C)C. The molecule has 2 amide bonds. The molecule has 0 saturated carbocycles. The fourth-order valence-corrected chi connectivity index (χ4v) is 0.704. The van der Waals surface area contributed by atoms with Gasteiger partial charge in [-0.1, -0.05) is 0 Å². The van der Waals surface area contributed by atoms with E-state index in [4.69, 9.17) is 9.47 Å². The zero-order chi connectivity index (χ0) is 12.0. The van der Waals surface area contributed by atoms with Crippen LogP contribution in [0, 0.1) is 0 Å². The molecule has 0 aromatic rings. The molecule has 0 aromatic heterocycles. The van der Waals surface area contributed by atoms with E-state index >= 15 is 0 Å². The van der Waals surface area contributed by atoms with Crippen molar-refractivity contribution in [1.82, 2.24) is 10.4 Å². The number of carbonyl (C=O) groups is 2. The highest BCUT2D eigenvalue weighted by Crippen LogP contribution is 1.94. The van der Waals surface area contributed by atoms with Crippen LogP contribution in [-0.4, -0.2) is 36.5 Å². The number of hydrazine groups is 1. The molecule has 0 spiro atoms. The van der Waals surface area contributed by atoms with Crippen LogP contribution in [0.3, 0.4) is 0 Å². The molecule has 0 heterocycles. The molecule has 0 atom stereocenters. The Bertz CT molecular complexity index is 228. The molecular formula is C9H18N2O4. The number of hydrogen-bond donors (Lipinski definition) is 1. The Balaban J connectivity index is 3.96. The van der Waals surface area contributed by atoms with Gasteiger partial charge in [-0.25, -0.2) is 20.0 Å². The van der Waals surface area contributed by atoms with Crippen LogP contribution in [-0.2, 0) is 9.47 Å². The Kier molecular flexibility index (Phi) is 5.51. The first kappa shape index (κ1) is 13.5. The molecule has 1 N–H and O–H groups in total. The average Bonchev–Trinajstić information content (AvgIpc) is 2.00. The van der Waals surface area contributed by atoms with Gasteiger partial charge in [0, 0.05) is 7.05 Å². The fraction of sp³-hybridized carbons (Fsp3) is 0.778. The van der Waals surface area contributed by atoms with Crippen LogP contribution in [0.2, 0.25) is 0 Å². The lowest BCUT2D eigenvalue weighted by Gasteiger charge is -2.19. The third kappa shape index (κ3) is 6.59. The largest absolute Gasteiger partial charge is 0.446 e. The minimum Gasteiger partial charge on any atom is -0.446 e. The summed E-state index contributed by atoms with van der Waals surface area (Å²) in [4.78, 5) is 22.3. The summed E-state index contributed by atoms with van der Waals surface area (Å²) in [5.41, 5.74) is 2.21. The van der Waals surface area contributed by atoms with Crippen LogP contribution in [0.15, 0.2) is 0 Å². The molecule has 88 valence electrons. The Morgan fingerprint density at radius 3 is 1.93 bits per heavy atom. The molecule has 0 aliphatic heterocycles. The lowest BCUT2D eigenvalue weighted by Crippen LogP contribution is -2.45. The predicted octanol–water partition coefficient (Wildman–Crippen LogP) is 1.51. The van der Waals surface area contributed by atoms with Gasteiger partial charge in [0.2, 0.25) is 0 Å². The molecule has 0 saturated heterocycles. The van der Waals surface area contributed by atoms with Crippen molar-refractivity contribution in [1.29, 1.82) is 0 Å². The van der Waals surface area contributed by atoms with Gasteiger partial charge in [-0.3, -0.25) is 0 Å². The summed E-state index contributed by atoms with van der Waals surface area (Å²) in [6.45, 7) is 6.87. The highest BCUT2D eigenvalue weighted by atomic mass is 16.6. The topological polar surface area (TPSA) is 67.9 Å². The van der Waals surface area contributed by atoms with Crippen molar-refractivity contribution >= 4 is 12.2 Å². The summed E-state index contributed by atoms with van der Waals surface area (Å²) in [6, 6.07) is 0. The molecule has 0 radical (unpaired) electrons. The molecule has 15 heavy (non-hydrogen) atoms. The first-order chi connectivity index (χ1) is 6.82. The number of nitrogens with one attached hydrogen (secondary N) is 1. The second-order valence-electron chi connectivity index (χ2n) is 3.56. The maximum absolute atomic E-state index is 11.2. The van der Waals surface area contributed by atoms with Gasteiger partial charge in [0.25, 0.3) is 0 Å². The second kappa shape index (κ2) is 6.10. The molecule has 0 unspecified atom stereocenters. The lowest BCUT2D eigenvalue weighted by molar-refractivity contribution is 0.0559. The molecule has 0 aromatic carbocycles. The summed E-state index contributed by atoms with van der Waals surface area (Å²) < 4.78 is 9.61. The third-order valence-corrected chi connectivity index (χ3v) is 1.21. The highest BCUT2D eigenvalue weighted by molar-refractivity contribution is 5.73. The van der Waals surface area contributed by atoms with Gasteiger partial charge < -0.3 is 9.47 Å². The van der Waals surface area contributed by atoms with Gasteiger partial charge in [-0.2, -0.15) is 0 Å². The van der Waals surface area contributed by atoms with E-state index in [1.807, 2.05) is 0 Å². The van der Waals surface area contributed by atoms with E-state index < -0.39 is 12.2 Å². The first-order valence-corrected chi connectivity index (χ1v) is 4.74. The van der Waals surface area contributed by atoms with E-state index in [0.717, 1.165) is 5.01 Å². The number of ether oxygens (including phenoxy) is 2. The van der Waals surface area contributed by atoms with Gasteiger partial charge in [0.05, 0.1) is 12.2 Å². The maximum atomic E-state index is 11.2. The normalized spacial score (nSPS) is 10.1. The molecular weight excluding hydrogens is 200 g/mol. The second-order valence-corrected chi connectivity index (χ2v) is 3.56. The van der Waals surface area contributed by atoms with E-state index in [1.54, 1.807) is 27.7 Å². The number of amides is 2. The summed E-state index contributed by atoms with van der Waals surface area (Å²) in [7, 11) is 1.38. The number of carbonyl (C=O) groups excluding carboxylic acids is 2. The summed E-state index contributed by atoms with van der Waals surface area (Å²) >= 11 is 0. The molecule has 0 fully saturated rings. The molecule has 6 heteroatoms.